The summed E-state index contributed by atoms with van der Waals surface area (Å²) in [5.41, 5.74) is 10.6. The molecular weight excluding hydrogens is 426 g/mol. The third-order valence-electron chi connectivity index (χ3n) is 6.11. The molecule has 2 N–H and O–H groups in total. The second kappa shape index (κ2) is 7.75. The van der Waals surface area contributed by atoms with Gasteiger partial charge in [-0.05, 0) is 43.9 Å². The largest absolute Gasteiger partial charge is 0.369 e. The van der Waals surface area contributed by atoms with E-state index in [0.29, 0.717) is 23.3 Å². The van der Waals surface area contributed by atoms with Crippen LogP contribution in [0, 0.1) is 19.8 Å². The number of nitrogens with zero attached hydrogens (tertiary/aromatic N) is 5. The quantitative estimate of drug-likeness (QED) is 0.502. The van der Waals surface area contributed by atoms with Gasteiger partial charge in [-0.2, -0.15) is 0 Å². The number of pyridine rings is 1. The van der Waals surface area contributed by atoms with Crippen LogP contribution in [0.15, 0.2) is 47.3 Å². The number of rotatable bonds is 4. The highest BCUT2D eigenvalue weighted by Crippen LogP contribution is 2.39. The summed E-state index contributed by atoms with van der Waals surface area (Å²) >= 11 is 0. The number of anilines is 1. The molecule has 1 saturated carbocycles. The van der Waals surface area contributed by atoms with Gasteiger partial charge in [0.15, 0.2) is 5.65 Å². The summed E-state index contributed by atoms with van der Waals surface area (Å²) < 4.78 is 30.0. The molecule has 1 fully saturated rings. The first kappa shape index (κ1) is 21.2. The van der Waals surface area contributed by atoms with Crippen molar-refractivity contribution in [1.29, 1.82) is 0 Å². The van der Waals surface area contributed by atoms with Crippen LogP contribution in [0.25, 0.3) is 28.0 Å². The third kappa shape index (κ3) is 3.88. The zero-order valence-corrected chi connectivity index (χ0v) is 18.4. The number of fused-ring (bicyclic) bond motifs is 1. The van der Waals surface area contributed by atoms with Gasteiger partial charge in [0.25, 0.3) is 0 Å². The van der Waals surface area contributed by atoms with Crippen LogP contribution in [0.4, 0.5) is 14.7 Å². The SMILES string of the molecule is Cc1cc(-c2c(-c3ccccc3)nc(N)n3c(=O)n(CC4CCC(F)(F)C4)nc23)cc(C)n1. The molecule has 1 unspecified atom stereocenters. The Morgan fingerprint density at radius 2 is 1.79 bits per heavy atom. The highest BCUT2D eigenvalue weighted by molar-refractivity contribution is 5.90. The maximum absolute atomic E-state index is 13.7. The molecule has 1 aromatic carbocycles. The number of halogens is 2. The van der Waals surface area contributed by atoms with E-state index in [-0.39, 0.29) is 31.3 Å². The van der Waals surface area contributed by atoms with Gasteiger partial charge in [0, 0.05) is 36.3 Å². The molecule has 33 heavy (non-hydrogen) atoms. The average Bonchev–Trinajstić information content (AvgIpc) is 3.27. The number of aromatic nitrogens is 5. The van der Waals surface area contributed by atoms with Crippen LogP contribution in [0.5, 0.6) is 0 Å². The maximum Gasteiger partial charge on any atom is 0.353 e. The molecular formula is C24H24F2N6O. The molecule has 3 aromatic heterocycles. The van der Waals surface area contributed by atoms with Crippen molar-refractivity contribution >= 4 is 11.6 Å². The molecule has 1 atom stereocenters. The molecule has 1 aliphatic carbocycles. The first-order chi connectivity index (χ1) is 15.7. The zero-order chi connectivity index (χ0) is 23.3. The van der Waals surface area contributed by atoms with Crippen LogP contribution in [0.2, 0.25) is 0 Å². The van der Waals surface area contributed by atoms with Crippen molar-refractivity contribution in [1.82, 2.24) is 24.1 Å². The van der Waals surface area contributed by atoms with E-state index in [9.17, 15) is 13.6 Å². The second-order valence-electron chi connectivity index (χ2n) is 8.79. The van der Waals surface area contributed by atoms with Gasteiger partial charge in [0.05, 0.1) is 11.3 Å². The molecule has 9 heteroatoms. The van der Waals surface area contributed by atoms with Gasteiger partial charge >= 0.3 is 5.69 Å². The van der Waals surface area contributed by atoms with E-state index in [2.05, 4.69) is 15.1 Å². The van der Waals surface area contributed by atoms with Crippen LogP contribution >= 0.6 is 0 Å². The van der Waals surface area contributed by atoms with Crippen molar-refractivity contribution < 1.29 is 8.78 Å². The molecule has 5 rings (SSSR count). The number of hydrogen-bond donors (Lipinski definition) is 1. The molecule has 170 valence electrons. The van der Waals surface area contributed by atoms with Gasteiger partial charge in [-0.3, -0.25) is 4.98 Å². The van der Waals surface area contributed by atoms with E-state index in [1.807, 2.05) is 56.3 Å². The van der Waals surface area contributed by atoms with Crippen LogP contribution in [-0.2, 0) is 6.54 Å². The first-order valence-electron chi connectivity index (χ1n) is 10.9. The monoisotopic (exact) mass is 450 g/mol. The molecule has 0 saturated heterocycles. The highest BCUT2D eigenvalue weighted by atomic mass is 19.3. The summed E-state index contributed by atoms with van der Waals surface area (Å²) in [6.45, 7) is 3.90. The van der Waals surface area contributed by atoms with E-state index < -0.39 is 11.6 Å². The Morgan fingerprint density at radius 3 is 2.42 bits per heavy atom. The summed E-state index contributed by atoms with van der Waals surface area (Å²) in [6.07, 6.45) is -0.0553. The fourth-order valence-electron chi connectivity index (χ4n) is 4.71. The standard InChI is InChI=1S/C24H24F2N6O/c1-14-10-18(11-15(2)28-14)19-20(17-6-4-3-5-7-17)29-22(27)32-21(19)30-31(23(32)33)13-16-8-9-24(25,26)12-16/h3-7,10-11,16H,8-9,12-13H2,1-2H3,(H2,27,29). The lowest BCUT2D eigenvalue weighted by Gasteiger charge is -2.13. The number of aryl methyl sites for hydroxylation is 2. The maximum atomic E-state index is 13.7. The predicted octanol–water partition coefficient (Wildman–Crippen LogP) is 4.25. The summed E-state index contributed by atoms with van der Waals surface area (Å²) in [6, 6.07) is 13.4. The predicted molar refractivity (Wildman–Crippen MR) is 122 cm³/mol. The van der Waals surface area contributed by atoms with E-state index >= 15 is 0 Å². The molecule has 3 heterocycles. The Bertz CT molecular complexity index is 1390. The van der Waals surface area contributed by atoms with Crippen LogP contribution in [0.3, 0.4) is 0 Å². The van der Waals surface area contributed by atoms with Crippen molar-refractivity contribution in [2.75, 3.05) is 5.73 Å². The van der Waals surface area contributed by atoms with Crippen molar-refractivity contribution in [2.24, 2.45) is 5.92 Å². The topological polar surface area (TPSA) is 91.1 Å². The second-order valence-corrected chi connectivity index (χ2v) is 8.79. The van der Waals surface area contributed by atoms with Crippen LogP contribution < -0.4 is 11.4 Å². The lowest BCUT2D eigenvalue weighted by molar-refractivity contribution is 0.00418. The molecule has 0 bridgehead atoms. The molecule has 7 nitrogen and oxygen atoms in total. The number of alkyl halides is 2. The normalized spacial score (nSPS) is 17.6. The van der Waals surface area contributed by atoms with Crippen molar-refractivity contribution in [3.63, 3.8) is 0 Å². The third-order valence-corrected chi connectivity index (χ3v) is 6.11. The Hall–Kier alpha value is -3.62. The Kier molecular flexibility index (Phi) is 4.99. The fourth-order valence-corrected chi connectivity index (χ4v) is 4.71. The first-order valence-corrected chi connectivity index (χ1v) is 10.9. The molecule has 0 spiro atoms. The average molecular weight is 450 g/mol. The lowest BCUT2D eigenvalue weighted by Crippen LogP contribution is -2.26. The Labute approximate surface area is 188 Å². The minimum atomic E-state index is -2.69. The van der Waals surface area contributed by atoms with Crippen LogP contribution in [0.1, 0.15) is 30.7 Å². The molecule has 0 aliphatic heterocycles. The van der Waals surface area contributed by atoms with Gasteiger partial charge in [-0.1, -0.05) is 30.3 Å². The van der Waals surface area contributed by atoms with E-state index in [1.54, 1.807) is 0 Å². The summed E-state index contributed by atoms with van der Waals surface area (Å²) in [7, 11) is 0. The number of nitrogens with two attached hydrogens (primary N) is 1. The molecule has 0 radical (unpaired) electrons. The number of benzene rings is 1. The summed E-state index contributed by atoms with van der Waals surface area (Å²) in [4.78, 5) is 22.2. The van der Waals surface area contributed by atoms with Crippen molar-refractivity contribution in [3.8, 4) is 22.4 Å². The van der Waals surface area contributed by atoms with E-state index in [1.165, 1.54) is 9.08 Å². The van der Waals surface area contributed by atoms with Crippen LogP contribution in [-0.4, -0.2) is 30.1 Å². The van der Waals surface area contributed by atoms with Gasteiger partial charge in [0.2, 0.25) is 11.9 Å². The van der Waals surface area contributed by atoms with Gasteiger partial charge in [-0.15, -0.1) is 5.10 Å². The molecule has 4 aromatic rings. The minimum absolute atomic E-state index is 0.00287. The van der Waals surface area contributed by atoms with Gasteiger partial charge in [0.1, 0.15) is 0 Å². The summed E-state index contributed by atoms with van der Waals surface area (Å²) in [5, 5.41) is 4.59. The zero-order valence-electron chi connectivity index (χ0n) is 18.4. The van der Waals surface area contributed by atoms with E-state index in [0.717, 1.165) is 22.5 Å². The number of nitrogen functional groups attached to an aromatic ring is 1. The van der Waals surface area contributed by atoms with Crippen molar-refractivity contribution in [3.05, 3.63) is 64.3 Å². The van der Waals surface area contributed by atoms with Gasteiger partial charge in [-0.25, -0.2) is 27.6 Å². The number of hydrogen-bond acceptors (Lipinski definition) is 5. The van der Waals surface area contributed by atoms with E-state index in [4.69, 9.17) is 5.73 Å². The summed E-state index contributed by atoms with van der Waals surface area (Å²) in [5.74, 6) is -3.01. The highest BCUT2D eigenvalue weighted by Gasteiger charge is 2.39. The Morgan fingerprint density at radius 1 is 1.09 bits per heavy atom. The molecule has 0 amide bonds. The fraction of sp³-hybridized carbons (Fsp3) is 0.333. The molecule has 1 aliphatic rings. The minimum Gasteiger partial charge on any atom is -0.369 e. The van der Waals surface area contributed by atoms with Gasteiger partial charge < -0.3 is 5.73 Å². The smallest absolute Gasteiger partial charge is 0.353 e. The van der Waals surface area contributed by atoms with Crippen molar-refractivity contribution in [2.45, 2.75) is 45.6 Å². The Balaban J connectivity index is 1.75. The lowest BCUT2D eigenvalue weighted by atomic mass is 9.99.